The molecule has 252 valence electrons. The van der Waals surface area contributed by atoms with Gasteiger partial charge in [0.1, 0.15) is 17.2 Å². The van der Waals surface area contributed by atoms with Gasteiger partial charge in [-0.3, -0.25) is 6.08 Å². The van der Waals surface area contributed by atoms with Crippen molar-refractivity contribution in [1.82, 2.24) is 0 Å². The summed E-state index contributed by atoms with van der Waals surface area (Å²) in [5, 5.41) is 28.7. The van der Waals surface area contributed by atoms with Gasteiger partial charge in [0.15, 0.2) is 0 Å². The number of hydrogen-bond donors (Lipinski definition) is 3. The summed E-state index contributed by atoms with van der Waals surface area (Å²) in [6.07, 6.45) is 3.44. The van der Waals surface area contributed by atoms with Gasteiger partial charge in [0.05, 0.1) is 0 Å². The first-order valence-corrected chi connectivity index (χ1v) is 16.4. The van der Waals surface area contributed by atoms with Crippen LogP contribution in [0.25, 0.3) is 33.4 Å². The first-order valence-electron chi connectivity index (χ1n) is 16.4. The zero-order valence-electron chi connectivity index (χ0n) is 29.4. The molecular formula is C46H45O3Ti-. The van der Waals surface area contributed by atoms with E-state index in [0.29, 0.717) is 17.2 Å². The molecule has 7 rings (SSSR count). The number of allylic oxidation sites excluding steroid dienone is 4. The van der Waals surface area contributed by atoms with Gasteiger partial charge in [-0.25, -0.2) is 5.57 Å². The summed E-state index contributed by atoms with van der Waals surface area (Å²) in [5.74, 6) is 0.983. The Morgan fingerprint density at radius 1 is 0.400 bits per heavy atom. The van der Waals surface area contributed by atoms with E-state index in [1.807, 2.05) is 146 Å². The average molecular weight is 694 g/mol. The topological polar surface area (TPSA) is 60.7 Å². The smallest absolute Gasteiger partial charge is 0.123 e. The van der Waals surface area contributed by atoms with Crippen LogP contribution in [0, 0.1) is 11.5 Å². The van der Waals surface area contributed by atoms with E-state index in [1.54, 1.807) is 18.2 Å². The van der Waals surface area contributed by atoms with Crippen LogP contribution in [0.1, 0.15) is 34.6 Å². The van der Waals surface area contributed by atoms with E-state index in [1.165, 1.54) is 16.7 Å². The standard InChI is InChI=1S/3C12H10O.C10H15.Ti/c3*13-12-9-5-4-8-11(12)10-6-2-1-3-7-10;1-7-6-10(4,5)9(3)8(7)2;/h3*1-9,13H;1-5H3;/q;;;-1;. The molecule has 1 aliphatic rings. The molecule has 50 heavy (non-hydrogen) atoms. The van der Waals surface area contributed by atoms with Crippen molar-refractivity contribution < 1.29 is 37.0 Å². The molecule has 4 heteroatoms. The fourth-order valence-corrected chi connectivity index (χ4v) is 5.41. The second-order valence-corrected chi connectivity index (χ2v) is 12.3. The molecule has 3 N–H and O–H groups in total. The quantitative estimate of drug-likeness (QED) is 0.128. The van der Waals surface area contributed by atoms with E-state index in [4.69, 9.17) is 0 Å². The number of rotatable bonds is 3. The Bertz CT molecular complexity index is 1790. The predicted octanol–water partition coefficient (Wildman–Crippen LogP) is 12.3. The van der Waals surface area contributed by atoms with E-state index >= 15 is 0 Å². The van der Waals surface area contributed by atoms with E-state index in [2.05, 4.69) is 40.7 Å². The van der Waals surface area contributed by atoms with E-state index < -0.39 is 0 Å². The molecule has 3 nitrogen and oxygen atoms in total. The van der Waals surface area contributed by atoms with Crippen molar-refractivity contribution in [3.63, 3.8) is 0 Å². The van der Waals surface area contributed by atoms with E-state index in [-0.39, 0.29) is 27.1 Å². The summed E-state index contributed by atoms with van der Waals surface area (Å²) in [6.45, 7) is 10.9. The van der Waals surface area contributed by atoms with Crippen molar-refractivity contribution in [2.75, 3.05) is 0 Å². The molecule has 0 saturated carbocycles. The van der Waals surface area contributed by atoms with Gasteiger partial charge in [-0.15, -0.1) is 6.92 Å². The third kappa shape index (κ3) is 11.0. The minimum absolute atomic E-state index is 0. The molecule has 0 spiro atoms. The summed E-state index contributed by atoms with van der Waals surface area (Å²) < 4.78 is 0. The zero-order valence-corrected chi connectivity index (χ0v) is 31.0. The van der Waals surface area contributed by atoms with Gasteiger partial charge in [-0.05, 0) is 34.9 Å². The Balaban J connectivity index is 0.000000180. The van der Waals surface area contributed by atoms with Crippen molar-refractivity contribution in [2.24, 2.45) is 5.41 Å². The van der Waals surface area contributed by atoms with Crippen LogP contribution in [-0.4, -0.2) is 15.3 Å². The number of para-hydroxylation sites is 3. The minimum atomic E-state index is 0. The van der Waals surface area contributed by atoms with Crippen LogP contribution < -0.4 is 0 Å². The molecule has 0 atom stereocenters. The molecule has 0 fully saturated rings. The summed E-state index contributed by atoms with van der Waals surface area (Å²) in [6, 6.07) is 51.6. The van der Waals surface area contributed by atoms with Crippen LogP contribution >= 0.6 is 0 Å². The SMILES string of the molecule is CC1=[C-]C(C)(C)C(C)=C1C.Oc1ccccc1-c1ccccc1.Oc1ccccc1-c1ccccc1.Oc1ccccc1-c1ccccc1.[Ti]. The van der Waals surface area contributed by atoms with Crippen LogP contribution in [0.3, 0.4) is 0 Å². The predicted molar refractivity (Wildman–Crippen MR) is 205 cm³/mol. The third-order valence-electron chi connectivity index (χ3n) is 8.53. The second-order valence-electron chi connectivity index (χ2n) is 12.3. The molecule has 0 unspecified atom stereocenters. The number of aromatic hydroxyl groups is 3. The Kier molecular flexibility index (Phi) is 15.1. The molecule has 0 amide bonds. The zero-order chi connectivity index (χ0) is 35.2. The molecule has 0 saturated heterocycles. The van der Waals surface area contributed by atoms with E-state index in [0.717, 1.165) is 33.4 Å². The Morgan fingerprint density at radius 2 is 0.660 bits per heavy atom. The molecule has 0 aliphatic heterocycles. The molecule has 0 radical (unpaired) electrons. The third-order valence-corrected chi connectivity index (χ3v) is 8.53. The van der Waals surface area contributed by atoms with Crippen LogP contribution in [0.15, 0.2) is 181 Å². The van der Waals surface area contributed by atoms with Gasteiger partial charge < -0.3 is 15.3 Å². The van der Waals surface area contributed by atoms with Crippen LogP contribution in [0.4, 0.5) is 0 Å². The Morgan fingerprint density at radius 3 is 0.860 bits per heavy atom. The molecule has 0 aromatic heterocycles. The van der Waals surface area contributed by atoms with Gasteiger partial charge in [-0.1, -0.05) is 179 Å². The van der Waals surface area contributed by atoms with Crippen molar-refractivity contribution in [3.8, 4) is 50.6 Å². The summed E-state index contributed by atoms with van der Waals surface area (Å²) >= 11 is 0. The van der Waals surface area contributed by atoms with Crippen molar-refractivity contribution in [1.29, 1.82) is 0 Å². The molecule has 6 aromatic carbocycles. The van der Waals surface area contributed by atoms with Crippen LogP contribution in [-0.2, 0) is 21.7 Å². The van der Waals surface area contributed by atoms with Gasteiger partial charge in [0, 0.05) is 38.4 Å². The monoisotopic (exact) mass is 693 g/mol. The number of hydrogen-bond acceptors (Lipinski definition) is 3. The van der Waals surface area contributed by atoms with Crippen LogP contribution in [0.5, 0.6) is 17.2 Å². The number of phenols is 3. The summed E-state index contributed by atoms with van der Waals surface area (Å²) in [4.78, 5) is 0. The molecular weight excluding hydrogens is 648 g/mol. The van der Waals surface area contributed by atoms with Crippen molar-refractivity contribution in [2.45, 2.75) is 34.6 Å². The van der Waals surface area contributed by atoms with Gasteiger partial charge >= 0.3 is 0 Å². The maximum atomic E-state index is 9.56. The Hall–Kier alpha value is -5.09. The number of benzene rings is 6. The van der Waals surface area contributed by atoms with Gasteiger partial charge in [0.2, 0.25) is 0 Å². The summed E-state index contributed by atoms with van der Waals surface area (Å²) in [7, 11) is 0. The fourth-order valence-electron chi connectivity index (χ4n) is 5.41. The molecule has 0 heterocycles. The van der Waals surface area contributed by atoms with Crippen LogP contribution in [0.2, 0.25) is 0 Å². The first kappa shape index (κ1) is 39.4. The van der Waals surface area contributed by atoms with Gasteiger partial charge in [0.25, 0.3) is 0 Å². The normalized spacial score (nSPS) is 12.4. The van der Waals surface area contributed by atoms with Gasteiger partial charge in [-0.2, -0.15) is 11.1 Å². The summed E-state index contributed by atoms with van der Waals surface area (Å²) in [5.41, 5.74) is 10.2. The maximum Gasteiger partial charge on any atom is 0.123 e. The average Bonchev–Trinajstić information content (AvgIpc) is 3.31. The molecule has 0 bridgehead atoms. The fraction of sp³-hybridized carbons (Fsp3) is 0.130. The first-order chi connectivity index (χ1) is 23.6. The minimum Gasteiger partial charge on any atom is -0.507 e. The molecule has 1 aliphatic carbocycles. The molecule has 6 aromatic rings. The maximum absolute atomic E-state index is 9.56. The van der Waals surface area contributed by atoms with E-state index in [9.17, 15) is 15.3 Å². The van der Waals surface area contributed by atoms with Crippen molar-refractivity contribution in [3.05, 3.63) is 187 Å². The Labute approximate surface area is 312 Å². The van der Waals surface area contributed by atoms with Crippen molar-refractivity contribution >= 4 is 0 Å². The largest absolute Gasteiger partial charge is 0.507 e. The number of phenolic OH excluding ortho intramolecular Hbond substituents is 3. The second kappa shape index (κ2) is 19.2.